The third-order valence-electron chi connectivity index (χ3n) is 3.47. The van der Waals surface area contributed by atoms with E-state index in [1.165, 1.54) is 12.3 Å². The molecule has 0 amide bonds. The molecule has 3 rings (SSSR count). The van der Waals surface area contributed by atoms with E-state index < -0.39 is 11.7 Å². The van der Waals surface area contributed by atoms with E-state index in [9.17, 15) is 18.0 Å². The molecule has 0 N–H and O–H groups in total. The van der Waals surface area contributed by atoms with Crippen molar-refractivity contribution in [2.45, 2.75) is 25.4 Å². The molecule has 0 unspecified atom stereocenters. The van der Waals surface area contributed by atoms with Gasteiger partial charge in [-0.2, -0.15) is 13.2 Å². The van der Waals surface area contributed by atoms with E-state index in [2.05, 4.69) is 4.98 Å². The maximum absolute atomic E-state index is 13.0. The first kappa shape index (κ1) is 13.9. The van der Waals surface area contributed by atoms with Gasteiger partial charge < -0.3 is 4.42 Å². The molecule has 0 atom stereocenters. The number of Topliss-reactive ketones (excluding diaryl/α,β-unsaturated/α-hetero) is 1. The van der Waals surface area contributed by atoms with Gasteiger partial charge in [-0.05, 0) is 37.0 Å². The molecule has 3 nitrogen and oxygen atoms in total. The van der Waals surface area contributed by atoms with Gasteiger partial charge in [-0.25, -0.2) is 4.98 Å². The molecule has 0 aliphatic heterocycles. The summed E-state index contributed by atoms with van der Waals surface area (Å²) in [6.07, 6.45) is 0.201. The Morgan fingerprint density at radius 2 is 2.05 bits per heavy atom. The van der Waals surface area contributed by atoms with Crippen LogP contribution in [0, 0.1) is 5.92 Å². The number of alkyl halides is 3. The molecule has 110 valence electrons. The molecule has 0 saturated heterocycles. The van der Waals surface area contributed by atoms with Crippen LogP contribution in [0.1, 0.15) is 35.2 Å². The molecule has 0 radical (unpaired) electrons. The van der Waals surface area contributed by atoms with Crippen LogP contribution >= 0.6 is 0 Å². The lowest BCUT2D eigenvalue weighted by Gasteiger charge is -2.10. The van der Waals surface area contributed by atoms with Gasteiger partial charge in [-0.15, -0.1) is 0 Å². The summed E-state index contributed by atoms with van der Waals surface area (Å²) in [5.41, 5.74) is -0.569. The maximum atomic E-state index is 13.0. The second kappa shape index (κ2) is 5.02. The molecule has 1 aliphatic carbocycles. The molecule has 21 heavy (non-hydrogen) atoms. The van der Waals surface area contributed by atoms with Crippen LogP contribution < -0.4 is 0 Å². The number of nitrogens with zero attached hydrogens (tertiary/aromatic N) is 1. The number of halogens is 3. The zero-order valence-electron chi connectivity index (χ0n) is 11.0. The summed E-state index contributed by atoms with van der Waals surface area (Å²) in [6.45, 7) is 0. The van der Waals surface area contributed by atoms with Crippen molar-refractivity contribution >= 4 is 5.78 Å². The van der Waals surface area contributed by atoms with Gasteiger partial charge in [0.15, 0.2) is 17.9 Å². The smallest absolute Gasteiger partial charge is 0.416 e. The molecule has 1 aromatic heterocycles. The number of aromatic nitrogens is 1. The molecule has 1 heterocycles. The van der Waals surface area contributed by atoms with Gasteiger partial charge in [0.1, 0.15) is 0 Å². The summed E-state index contributed by atoms with van der Waals surface area (Å²) in [7, 11) is 0. The molecule has 1 aromatic carbocycles. The van der Waals surface area contributed by atoms with Gasteiger partial charge in [0.25, 0.3) is 0 Å². The number of hydrogen-bond acceptors (Lipinski definition) is 3. The highest BCUT2D eigenvalue weighted by atomic mass is 19.4. The number of hydrogen-bond donors (Lipinski definition) is 0. The first-order valence-electron chi connectivity index (χ1n) is 6.58. The summed E-state index contributed by atoms with van der Waals surface area (Å²) in [4.78, 5) is 15.8. The highest BCUT2D eigenvalue weighted by molar-refractivity contribution is 5.97. The Kier molecular flexibility index (Phi) is 3.31. The van der Waals surface area contributed by atoms with Crippen molar-refractivity contribution in [2.24, 2.45) is 5.92 Å². The lowest BCUT2D eigenvalue weighted by molar-refractivity contribution is -0.137. The van der Waals surface area contributed by atoms with Crippen LogP contribution in [-0.2, 0) is 6.18 Å². The SMILES string of the molecule is O=C(CC1CC1)c1cc(-c2cnco2)cc(C(F)(F)F)c1. The third kappa shape index (κ3) is 3.15. The van der Waals surface area contributed by atoms with E-state index in [4.69, 9.17) is 4.42 Å². The molecule has 1 saturated carbocycles. The molecular weight excluding hydrogens is 283 g/mol. The van der Waals surface area contributed by atoms with E-state index in [0.29, 0.717) is 12.3 Å². The Morgan fingerprint density at radius 3 is 2.62 bits per heavy atom. The van der Waals surface area contributed by atoms with Gasteiger partial charge in [0, 0.05) is 17.5 Å². The zero-order chi connectivity index (χ0) is 15.0. The van der Waals surface area contributed by atoms with Crippen molar-refractivity contribution in [2.75, 3.05) is 0 Å². The first-order chi connectivity index (χ1) is 9.93. The van der Waals surface area contributed by atoms with Crippen molar-refractivity contribution in [1.29, 1.82) is 0 Å². The molecule has 1 fully saturated rings. The second-order valence-corrected chi connectivity index (χ2v) is 5.23. The minimum Gasteiger partial charge on any atom is -0.444 e. The van der Waals surface area contributed by atoms with Gasteiger partial charge >= 0.3 is 6.18 Å². The lowest BCUT2D eigenvalue weighted by Crippen LogP contribution is -2.08. The monoisotopic (exact) mass is 295 g/mol. The van der Waals surface area contributed by atoms with Gasteiger partial charge in [0.2, 0.25) is 0 Å². The summed E-state index contributed by atoms with van der Waals surface area (Å²) in [6, 6.07) is 3.31. The summed E-state index contributed by atoms with van der Waals surface area (Å²) in [5.74, 6) is 0.270. The molecule has 6 heteroatoms. The molecular formula is C15H12F3NO2. The fraction of sp³-hybridized carbons (Fsp3) is 0.333. The number of rotatable bonds is 4. The van der Waals surface area contributed by atoms with Gasteiger partial charge in [-0.3, -0.25) is 4.79 Å². The van der Waals surface area contributed by atoms with Crippen molar-refractivity contribution in [1.82, 2.24) is 4.98 Å². The van der Waals surface area contributed by atoms with Crippen LogP contribution in [-0.4, -0.2) is 10.8 Å². The molecule has 2 aromatic rings. The van der Waals surface area contributed by atoms with Crippen LogP contribution in [0.4, 0.5) is 13.2 Å². The zero-order valence-corrected chi connectivity index (χ0v) is 11.0. The highest BCUT2D eigenvalue weighted by Gasteiger charge is 2.33. The van der Waals surface area contributed by atoms with Crippen molar-refractivity contribution in [3.8, 4) is 11.3 Å². The van der Waals surface area contributed by atoms with Crippen LogP contribution in [0.25, 0.3) is 11.3 Å². The Hall–Kier alpha value is -2.11. The second-order valence-electron chi connectivity index (χ2n) is 5.23. The summed E-state index contributed by atoms with van der Waals surface area (Å²) >= 11 is 0. The minimum absolute atomic E-state index is 0.0723. The van der Waals surface area contributed by atoms with Gasteiger partial charge in [0.05, 0.1) is 11.8 Å². The number of carbonyl (C=O) groups is 1. The molecule has 1 aliphatic rings. The number of carbonyl (C=O) groups excluding carboxylic acids is 1. The van der Waals surface area contributed by atoms with Crippen molar-refractivity contribution < 1.29 is 22.4 Å². The molecule has 0 bridgehead atoms. The first-order valence-corrected chi connectivity index (χ1v) is 6.58. The Morgan fingerprint density at radius 1 is 1.29 bits per heavy atom. The standard InChI is InChI=1S/C15H12F3NO2/c16-15(17,18)12-5-10(13(20)3-9-1-2-9)4-11(6-12)14-7-19-8-21-14/h4-9H,1-3H2. The minimum atomic E-state index is -4.51. The topological polar surface area (TPSA) is 43.1 Å². The maximum Gasteiger partial charge on any atom is 0.416 e. The largest absolute Gasteiger partial charge is 0.444 e. The van der Waals surface area contributed by atoms with E-state index in [1.54, 1.807) is 0 Å². The van der Waals surface area contributed by atoms with Crippen LogP contribution in [0.5, 0.6) is 0 Å². The van der Waals surface area contributed by atoms with E-state index in [0.717, 1.165) is 31.4 Å². The van der Waals surface area contributed by atoms with Crippen LogP contribution in [0.2, 0.25) is 0 Å². The predicted octanol–water partition coefficient (Wildman–Crippen LogP) is 4.34. The lowest BCUT2D eigenvalue weighted by atomic mass is 9.99. The Labute approximate surface area is 118 Å². The van der Waals surface area contributed by atoms with E-state index >= 15 is 0 Å². The van der Waals surface area contributed by atoms with E-state index in [-0.39, 0.29) is 22.7 Å². The average Bonchev–Trinajstić information content (AvgIpc) is 3.07. The summed E-state index contributed by atoms with van der Waals surface area (Å²) in [5, 5.41) is 0. The summed E-state index contributed by atoms with van der Waals surface area (Å²) < 4.78 is 43.9. The number of oxazole rings is 1. The highest BCUT2D eigenvalue weighted by Crippen LogP contribution is 2.36. The fourth-order valence-corrected chi connectivity index (χ4v) is 2.15. The van der Waals surface area contributed by atoms with Gasteiger partial charge in [-0.1, -0.05) is 0 Å². The fourth-order valence-electron chi connectivity index (χ4n) is 2.15. The Balaban J connectivity index is 2.02. The average molecular weight is 295 g/mol. The van der Waals surface area contributed by atoms with Crippen molar-refractivity contribution in [3.63, 3.8) is 0 Å². The third-order valence-corrected chi connectivity index (χ3v) is 3.47. The van der Waals surface area contributed by atoms with Crippen LogP contribution in [0.3, 0.4) is 0 Å². The predicted molar refractivity (Wildman–Crippen MR) is 68.6 cm³/mol. The van der Waals surface area contributed by atoms with Crippen molar-refractivity contribution in [3.05, 3.63) is 41.9 Å². The van der Waals surface area contributed by atoms with E-state index in [1.807, 2.05) is 0 Å². The number of benzene rings is 1. The Bertz CT molecular complexity index is 658. The number of ketones is 1. The normalized spacial score (nSPS) is 15.2. The molecule has 0 spiro atoms. The van der Waals surface area contributed by atoms with Crippen LogP contribution in [0.15, 0.2) is 35.2 Å². The quantitative estimate of drug-likeness (QED) is 0.788.